The molecule has 1 unspecified atom stereocenters. The first kappa shape index (κ1) is 20.0. The van der Waals surface area contributed by atoms with Gasteiger partial charge in [-0.2, -0.15) is 0 Å². The van der Waals surface area contributed by atoms with Crippen LogP contribution in [0.15, 0.2) is 18.2 Å². The highest BCUT2D eigenvalue weighted by Crippen LogP contribution is 2.37. The quantitative estimate of drug-likeness (QED) is 0.769. The summed E-state index contributed by atoms with van der Waals surface area (Å²) in [5, 5.41) is 3.47. The molecule has 1 N–H and O–H groups in total. The van der Waals surface area contributed by atoms with Gasteiger partial charge < -0.3 is 14.8 Å². The highest BCUT2D eigenvalue weighted by Gasteiger charge is 2.29. The van der Waals surface area contributed by atoms with Gasteiger partial charge >= 0.3 is 6.09 Å². The van der Waals surface area contributed by atoms with E-state index in [-0.39, 0.29) is 6.09 Å². The zero-order chi connectivity index (χ0) is 19.3. The molecule has 1 atom stereocenters. The molecule has 1 aromatic rings. The van der Waals surface area contributed by atoms with Crippen LogP contribution in [0, 0.1) is 5.92 Å². The van der Waals surface area contributed by atoms with E-state index in [0.29, 0.717) is 13.2 Å². The van der Waals surface area contributed by atoms with E-state index >= 15 is 0 Å². The molecule has 27 heavy (non-hydrogen) atoms. The number of amides is 1. The van der Waals surface area contributed by atoms with Gasteiger partial charge in [0, 0.05) is 6.54 Å². The Bertz CT molecular complexity index is 633. The molecule has 0 radical (unpaired) electrons. The van der Waals surface area contributed by atoms with E-state index in [1.165, 1.54) is 24.8 Å². The maximum Gasteiger partial charge on any atom is 0.414 e. The Balaban J connectivity index is 1.63. The van der Waals surface area contributed by atoms with Crippen molar-refractivity contribution < 1.29 is 14.3 Å². The van der Waals surface area contributed by atoms with Crippen molar-refractivity contribution in [1.82, 2.24) is 5.32 Å². The summed E-state index contributed by atoms with van der Waals surface area (Å²) in [4.78, 5) is 14.5. The van der Waals surface area contributed by atoms with E-state index in [0.717, 1.165) is 49.7 Å². The van der Waals surface area contributed by atoms with Crippen molar-refractivity contribution in [2.45, 2.75) is 64.9 Å². The largest absolute Gasteiger partial charge is 0.491 e. The Hall–Kier alpha value is -1.75. The Kier molecular flexibility index (Phi) is 6.64. The minimum Gasteiger partial charge on any atom is -0.491 e. The van der Waals surface area contributed by atoms with E-state index in [2.05, 4.69) is 11.4 Å². The summed E-state index contributed by atoms with van der Waals surface area (Å²) < 4.78 is 11.8. The summed E-state index contributed by atoms with van der Waals surface area (Å²) in [7, 11) is 0. The standard InChI is InChI=1S/C22H34N2O3/c1-22(2,3)27-21(25)24-14-6-11-18-10-4-12-19(20(18)24)26-15-7-9-17-8-5-13-23-16-17/h4,10,12,17,23H,5-9,11,13-16H2,1-3H3. The van der Waals surface area contributed by atoms with Crippen molar-refractivity contribution in [1.29, 1.82) is 0 Å². The van der Waals surface area contributed by atoms with Crippen molar-refractivity contribution in [3.63, 3.8) is 0 Å². The molecule has 3 rings (SSSR count). The number of nitrogens with one attached hydrogen (secondary N) is 1. The number of anilines is 1. The van der Waals surface area contributed by atoms with Gasteiger partial charge in [0.15, 0.2) is 0 Å². The van der Waals surface area contributed by atoms with Crippen LogP contribution in [-0.2, 0) is 11.2 Å². The van der Waals surface area contributed by atoms with Crippen molar-refractivity contribution in [2.75, 3.05) is 31.1 Å². The topological polar surface area (TPSA) is 50.8 Å². The number of ether oxygens (including phenoxy) is 2. The molecule has 1 fully saturated rings. The molecule has 5 nitrogen and oxygen atoms in total. The van der Waals surface area contributed by atoms with E-state index < -0.39 is 5.60 Å². The third-order valence-electron chi connectivity index (χ3n) is 5.21. The summed E-state index contributed by atoms with van der Waals surface area (Å²) in [6, 6.07) is 6.09. The van der Waals surface area contributed by atoms with Crippen molar-refractivity contribution in [3.05, 3.63) is 23.8 Å². The zero-order valence-electron chi connectivity index (χ0n) is 17.1. The molecule has 0 saturated carbocycles. The zero-order valence-corrected chi connectivity index (χ0v) is 17.1. The molecule has 2 aliphatic heterocycles. The van der Waals surface area contributed by atoms with Gasteiger partial charge in [-0.15, -0.1) is 0 Å². The maximum atomic E-state index is 12.7. The Morgan fingerprint density at radius 1 is 1.30 bits per heavy atom. The number of rotatable bonds is 5. The summed E-state index contributed by atoms with van der Waals surface area (Å²) in [6.45, 7) is 9.36. The molecular weight excluding hydrogens is 340 g/mol. The first-order chi connectivity index (χ1) is 12.9. The highest BCUT2D eigenvalue weighted by atomic mass is 16.6. The monoisotopic (exact) mass is 374 g/mol. The van der Waals surface area contributed by atoms with Crippen LogP contribution in [0.1, 0.15) is 58.4 Å². The van der Waals surface area contributed by atoms with Crippen LogP contribution in [0.3, 0.4) is 0 Å². The lowest BCUT2D eigenvalue weighted by Crippen LogP contribution is -2.40. The molecule has 5 heteroatoms. The number of hydrogen-bond donors (Lipinski definition) is 1. The van der Waals surface area contributed by atoms with Crippen LogP contribution in [0.5, 0.6) is 5.75 Å². The molecule has 1 amide bonds. The van der Waals surface area contributed by atoms with Crippen LogP contribution in [0.2, 0.25) is 0 Å². The fourth-order valence-electron chi connectivity index (χ4n) is 3.96. The highest BCUT2D eigenvalue weighted by molar-refractivity contribution is 5.91. The van der Waals surface area contributed by atoms with Gasteiger partial charge in [0.05, 0.1) is 12.3 Å². The minimum atomic E-state index is -0.501. The van der Waals surface area contributed by atoms with E-state index in [9.17, 15) is 4.79 Å². The van der Waals surface area contributed by atoms with Crippen molar-refractivity contribution in [2.24, 2.45) is 5.92 Å². The number of nitrogens with zero attached hydrogens (tertiary/aromatic N) is 1. The van der Waals surface area contributed by atoms with Crippen LogP contribution in [-0.4, -0.2) is 37.9 Å². The SMILES string of the molecule is CC(C)(C)OC(=O)N1CCCc2cccc(OCCCC3CCCNC3)c21. The lowest BCUT2D eigenvalue weighted by molar-refractivity contribution is 0.0576. The van der Waals surface area contributed by atoms with Crippen LogP contribution >= 0.6 is 0 Å². The molecule has 1 aromatic carbocycles. The van der Waals surface area contributed by atoms with E-state index in [1.54, 1.807) is 4.90 Å². The Morgan fingerprint density at radius 2 is 2.15 bits per heavy atom. The van der Waals surface area contributed by atoms with Crippen molar-refractivity contribution >= 4 is 11.8 Å². The smallest absolute Gasteiger partial charge is 0.414 e. The van der Waals surface area contributed by atoms with Crippen LogP contribution in [0.4, 0.5) is 10.5 Å². The molecule has 0 bridgehead atoms. The number of hydrogen-bond acceptors (Lipinski definition) is 4. The van der Waals surface area contributed by atoms with Gasteiger partial charge in [-0.3, -0.25) is 4.90 Å². The molecule has 0 aliphatic carbocycles. The van der Waals surface area contributed by atoms with Gasteiger partial charge in [0.1, 0.15) is 11.4 Å². The Morgan fingerprint density at radius 3 is 2.89 bits per heavy atom. The summed E-state index contributed by atoms with van der Waals surface area (Å²) in [5.41, 5.74) is 1.57. The van der Waals surface area contributed by atoms with Crippen molar-refractivity contribution in [3.8, 4) is 5.75 Å². The van der Waals surface area contributed by atoms with E-state index in [1.807, 2.05) is 32.9 Å². The summed E-state index contributed by atoms with van der Waals surface area (Å²) in [6.07, 6.45) is 6.47. The van der Waals surface area contributed by atoms with Gasteiger partial charge in [-0.25, -0.2) is 4.79 Å². The second-order valence-electron chi connectivity index (χ2n) is 8.70. The summed E-state index contributed by atoms with van der Waals surface area (Å²) >= 11 is 0. The number of aryl methyl sites for hydroxylation is 1. The third-order valence-corrected chi connectivity index (χ3v) is 5.21. The normalized spacial score (nSPS) is 20.1. The number of para-hydroxylation sites is 1. The summed E-state index contributed by atoms with van der Waals surface area (Å²) in [5.74, 6) is 1.57. The first-order valence-electron chi connectivity index (χ1n) is 10.4. The number of piperidine rings is 1. The fourth-order valence-corrected chi connectivity index (χ4v) is 3.96. The molecule has 0 spiro atoms. The molecule has 1 saturated heterocycles. The molecule has 2 heterocycles. The number of carbonyl (C=O) groups is 1. The van der Waals surface area contributed by atoms with Gasteiger partial charge in [-0.1, -0.05) is 12.1 Å². The fraction of sp³-hybridized carbons (Fsp3) is 0.682. The second-order valence-corrected chi connectivity index (χ2v) is 8.70. The Labute approximate surface area is 163 Å². The number of fused-ring (bicyclic) bond motifs is 1. The van der Waals surface area contributed by atoms with Crippen LogP contribution in [0.25, 0.3) is 0 Å². The lowest BCUT2D eigenvalue weighted by atomic mass is 9.95. The average molecular weight is 375 g/mol. The van der Waals surface area contributed by atoms with Gasteiger partial charge in [-0.05, 0) is 89.9 Å². The molecular formula is C22H34N2O3. The predicted octanol–water partition coefficient (Wildman–Crippen LogP) is 4.53. The molecule has 2 aliphatic rings. The molecule has 0 aromatic heterocycles. The minimum absolute atomic E-state index is 0.284. The first-order valence-corrected chi connectivity index (χ1v) is 10.4. The third kappa shape index (κ3) is 5.61. The lowest BCUT2D eigenvalue weighted by Gasteiger charge is -2.33. The van der Waals surface area contributed by atoms with E-state index in [4.69, 9.17) is 9.47 Å². The van der Waals surface area contributed by atoms with Crippen LogP contribution < -0.4 is 15.0 Å². The maximum absolute atomic E-state index is 12.7. The predicted molar refractivity (Wildman–Crippen MR) is 109 cm³/mol. The average Bonchev–Trinajstić information content (AvgIpc) is 2.64. The van der Waals surface area contributed by atoms with Gasteiger partial charge in [0.2, 0.25) is 0 Å². The van der Waals surface area contributed by atoms with Gasteiger partial charge in [0.25, 0.3) is 0 Å². The number of benzene rings is 1. The number of carbonyl (C=O) groups excluding carboxylic acids is 1. The second kappa shape index (κ2) is 8.96. The molecule has 150 valence electrons.